The number of rotatable bonds is 8. The molecule has 4 heterocycles. The molecular weight excluding hydrogens is 632 g/mol. The van der Waals surface area contributed by atoms with Crippen molar-refractivity contribution in [1.82, 2.24) is 33.5 Å². The molecule has 246 valence electrons. The van der Waals surface area contributed by atoms with E-state index in [0.717, 1.165) is 26.4 Å². The summed E-state index contributed by atoms with van der Waals surface area (Å²) in [7, 11) is -4.27. The van der Waals surface area contributed by atoms with Gasteiger partial charge in [-0.2, -0.15) is 5.10 Å². The number of hydrogen-bond acceptors (Lipinski definition) is 9. The predicted molar refractivity (Wildman–Crippen MR) is 181 cm³/mol. The van der Waals surface area contributed by atoms with Gasteiger partial charge in [-0.15, -0.1) is 0 Å². The van der Waals surface area contributed by atoms with Crippen LogP contribution in [0.1, 0.15) is 37.8 Å². The normalized spacial score (nSPS) is 14.3. The molecule has 3 aromatic heterocycles. The smallest absolute Gasteiger partial charge is 0.268 e. The number of H-pyrrole nitrogens is 1. The second kappa shape index (κ2) is 12.0. The number of aromatic nitrogens is 5. The lowest BCUT2D eigenvalue weighted by molar-refractivity contribution is 0.0615. The number of ketones is 1. The van der Waals surface area contributed by atoms with Crippen molar-refractivity contribution in [2.24, 2.45) is 0 Å². The first-order valence-electron chi connectivity index (χ1n) is 15.5. The Morgan fingerprint density at radius 1 is 0.958 bits per heavy atom. The Balaban J connectivity index is 1.30. The van der Waals surface area contributed by atoms with Crippen molar-refractivity contribution >= 4 is 49.5 Å². The molecule has 0 radical (unpaired) electrons. The van der Waals surface area contributed by atoms with Crippen LogP contribution < -0.4 is 5.73 Å². The molecule has 0 bridgehead atoms. The summed E-state index contributed by atoms with van der Waals surface area (Å²) in [5, 5.41) is 14.0. The lowest BCUT2D eigenvalue weighted by Gasteiger charge is -2.34. The minimum Gasteiger partial charge on any atom is -0.395 e. The summed E-state index contributed by atoms with van der Waals surface area (Å²) in [6.45, 7) is 6.60. The highest BCUT2D eigenvalue weighted by Crippen LogP contribution is 2.31. The molecule has 0 saturated carbocycles. The molecular formula is C34H34N8O5S. The highest BCUT2D eigenvalue weighted by Gasteiger charge is 2.30. The molecule has 7 rings (SSSR count). The van der Waals surface area contributed by atoms with Gasteiger partial charge in [0.2, 0.25) is 5.78 Å². The maximum atomic E-state index is 14.3. The summed E-state index contributed by atoms with van der Waals surface area (Å²) < 4.78 is 30.9. The number of aromatic amines is 1. The summed E-state index contributed by atoms with van der Waals surface area (Å²) in [6.07, 6.45) is 1.33. The molecule has 0 atom stereocenters. The van der Waals surface area contributed by atoms with Crippen molar-refractivity contribution in [1.29, 1.82) is 0 Å². The zero-order valence-electron chi connectivity index (χ0n) is 26.4. The lowest BCUT2D eigenvalue weighted by Crippen LogP contribution is -2.49. The molecule has 1 aliphatic rings. The Morgan fingerprint density at radius 2 is 1.71 bits per heavy atom. The van der Waals surface area contributed by atoms with E-state index >= 15 is 0 Å². The standard InChI is InChI=1S/C34H34N8O5S/c1-21-3-7-26(8-4-21)48(46,47)42-30-10-5-23(34(45)40-13-11-39(12-14-40)15-16-43)17-24(30)18-31(42)32(44)27-20-36-41(33(27)35)25-6-9-28-29(19-25)38-22(2)37-28/h3-10,17-20,43H,11-16,35H2,1-2H3,(H,37,38). The van der Waals surface area contributed by atoms with Gasteiger partial charge in [-0.1, -0.05) is 17.7 Å². The summed E-state index contributed by atoms with van der Waals surface area (Å²) in [4.78, 5) is 39.2. The van der Waals surface area contributed by atoms with Gasteiger partial charge < -0.3 is 20.7 Å². The number of amides is 1. The van der Waals surface area contributed by atoms with Crippen LogP contribution in [0.15, 0.2) is 77.8 Å². The number of aliphatic hydroxyl groups excluding tert-OH is 1. The summed E-state index contributed by atoms with van der Waals surface area (Å²) in [5.74, 6) is -0.0506. The molecule has 1 fully saturated rings. The molecule has 0 unspecified atom stereocenters. The Labute approximate surface area is 276 Å². The van der Waals surface area contributed by atoms with Crippen LogP contribution in [0, 0.1) is 13.8 Å². The van der Waals surface area contributed by atoms with Gasteiger partial charge >= 0.3 is 0 Å². The third kappa shape index (κ3) is 5.43. The van der Waals surface area contributed by atoms with Crippen LogP contribution in [0.3, 0.4) is 0 Å². The minimum atomic E-state index is -4.27. The van der Waals surface area contributed by atoms with Gasteiger partial charge in [0, 0.05) is 43.7 Å². The van der Waals surface area contributed by atoms with E-state index in [9.17, 15) is 23.1 Å². The fraction of sp³-hybridized carbons (Fsp3) is 0.235. The maximum absolute atomic E-state index is 14.3. The number of carbonyl (C=O) groups excluding carboxylic acids is 2. The number of imidazole rings is 1. The number of aliphatic hydroxyl groups is 1. The summed E-state index contributed by atoms with van der Waals surface area (Å²) >= 11 is 0. The van der Waals surface area contributed by atoms with Crippen LogP contribution in [-0.2, 0) is 10.0 Å². The van der Waals surface area contributed by atoms with Gasteiger partial charge in [0.25, 0.3) is 15.9 Å². The van der Waals surface area contributed by atoms with Gasteiger partial charge in [0.05, 0.1) is 45.5 Å². The average Bonchev–Trinajstić information content (AvgIpc) is 3.78. The number of aryl methyl sites for hydroxylation is 2. The fourth-order valence-corrected chi connectivity index (χ4v) is 7.70. The number of piperazine rings is 1. The first-order chi connectivity index (χ1) is 23.0. The third-order valence-corrected chi connectivity index (χ3v) is 10.5. The van der Waals surface area contributed by atoms with Crippen LogP contribution in [-0.4, -0.2) is 98.1 Å². The number of nitrogen functional groups attached to an aromatic ring is 1. The van der Waals surface area contributed by atoms with Crippen LogP contribution in [0.2, 0.25) is 0 Å². The van der Waals surface area contributed by atoms with Crippen molar-refractivity contribution in [2.45, 2.75) is 18.7 Å². The second-order valence-corrected chi connectivity index (χ2v) is 13.7. The van der Waals surface area contributed by atoms with Crippen molar-refractivity contribution in [3.63, 3.8) is 0 Å². The van der Waals surface area contributed by atoms with Crippen molar-refractivity contribution < 1.29 is 23.1 Å². The van der Waals surface area contributed by atoms with Gasteiger partial charge in [-0.05, 0) is 68.4 Å². The first kappa shape index (κ1) is 31.3. The van der Waals surface area contributed by atoms with E-state index in [1.54, 1.807) is 41.3 Å². The van der Waals surface area contributed by atoms with E-state index in [-0.39, 0.29) is 40.0 Å². The number of nitrogens with two attached hydrogens (primary N) is 1. The number of carbonyl (C=O) groups is 2. The Bertz CT molecular complexity index is 2310. The fourth-order valence-electron chi connectivity index (χ4n) is 6.19. The van der Waals surface area contributed by atoms with Crippen LogP contribution >= 0.6 is 0 Å². The molecule has 0 aliphatic carbocycles. The van der Waals surface area contributed by atoms with Crippen LogP contribution in [0.5, 0.6) is 0 Å². The molecule has 1 amide bonds. The molecule has 1 aliphatic heterocycles. The summed E-state index contributed by atoms with van der Waals surface area (Å²) in [5.41, 5.74) is 10.0. The first-order valence-corrected chi connectivity index (χ1v) is 16.9. The SMILES string of the molecule is Cc1ccc(S(=O)(=O)n2c(C(=O)c3cnn(-c4ccc5nc(C)[nH]c5c4)c3N)cc3cc(C(=O)N4CCN(CCO)CC4)ccc32)cc1. The quantitative estimate of drug-likeness (QED) is 0.206. The minimum absolute atomic E-state index is 0.00683. The zero-order valence-corrected chi connectivity index (χ0v) is 27.2. The Kier molecular flexibility index (Phi) is 7.86. The number of nitrogens with one attached hydrogen (secondary N) is 1. The molecule has 14 heteroatoms. The Hall–Kier alpha value is -5.31. The predicted octanol–water partition coefficient (Wildman–Crippen LogP) is 3.12. The molecule has 13 nitrogen and oxygen atoms in total. The Morgan fingerprint density at radius 3 is 2.44 bits per heavy atom. The maximum Gasteiger partial charge on any atom is 0.268 e. The van der Waals surface area contributed by atoms with Crippen LogP contribution in [0.25, 0.3) is 27.6 Å². The third-order valence-electron chi connectivity index (χ3n) is 8.75. The molecule has 6 aromatic rings. The summed E-state index contributed by atoms with van der Waals surface area (Å²) in [6, 6.07) is 18.0. The molecule has 4 N–H and O–H groups in total. The number of anilines is 1. The van der Waals surface area contributed by atoms with E-state index in [0.29, 0.717) is 49.4 Å². The van der Waals surface area contributed by atoms with Crippen LogP contribution in [0.4, 0.5) is 5.82 Å². The van der Waals surface area contributed by atoms with Gasteiger partial charge in [-0.25, -0.2) is 22.1 Å². The lowest BCUT2D eigenvalue weighted by atomic mass is 10.1. The number of β-amino-alcohol motifs (C(OH)–C–C–N with tert-alkyl or cyclic N) is 1. The second-order valence-electron chi connectivity index (χ2n) is 12.0. The van der Waals surface area contributed by atoms with E-state index in [4.69, 9.17) is 5.73 Å². The number of nitrogens with zero attached hydrogens (tertiary/aromatic N) is 6. The number of fused-ring (bicyclic) bond motifs is 2. The topological polar surface area (TPSA) is 172 Å². The number of benzene rings is 3. The van der Waals surface area contributed by atoms with E-state index in [1.807, 2.05) is 26.0 Å². The van der Waals surface area contributed by atoms with Crippen molar-refractivity contribution in [3.8, 4) is 5.69 Å². The van der Waals surface area contributed by atoms with Gasteiger partial charge in [0.1, 0.15) is 17.3 Å². The average molecular weight is 667 g/mol. The van der Waals surface area contributed by atoms with Gasteiger partial charge in [-0.3, -0.25) is 14.5 Å². The highest BCUT2D eigenvalue weighted by atomic mass is 32.2. The van der Waals surface area contributed by atoms with Crippen molar-refractivity contribution in [3.05, 3.63) is 101 Å². The van der Waals surface area contributed by atoms with E-state index in [1.165, 1.54) is 29.1 Å². The zero-order chi connectivity index (χ0) is 33.7. The number of hydrogen-bond donors (Lipinski definition) is 3. The van der Waals surface area contributed by atoms with E-state index < -0.39 is 15.8 Å². The molecule has 48 heavy (non-hydrogen) atoms. The largest absolute Gasteiger partial charge is 0.395 e. The van der Waals surface area contributed by atoms with Crippen molar-refractivity contribution in [2.75, 3.05) is 45.1 Å². The molecule has 1 saturated heterocycles. The molecule has 0 spiro atoms. The van der Waals surface area contributed by atoms with Gasteiger partial charge in [0.15, 0.2) is 0 Å². The monoisotopic (exact) mass is 666 g/mol. The molecule has 3 aromatic carbocycles. The van der Waals surface area contributed by atoms with E-state index in [2.05, 4.69) is 20.0 Å². The highest BCUT2D eigenvalue weighted by molar-refractivity contribution is 7.90.